The van der Waals surface area contributed by atoms with Crippen molar-refractivity contribution in [3.63, 3.8) is 0 Å². The van der Waals surface area contributed by atoms with Crippen molar-refractivity contribution in [2.24, 2.45) is 12.8 Å². The van der Waals surface area contributed by atoms with Crippen molar-refractivity contribution in [2.45, 2.75) is 18.9 Å². The summed E-state index contributed by atoms with van der Waals surface area (Å²) in [4.78, 5) is 23.5. The lowest BCUT2D eigenvalue weighted by Gasteiger charge is -2.15. The van der Waals surface area contributed by atoms with E-state index in [9.17, 15) is 9.59 Å². The predicted molar refractivity (Wildman–Crippen MR) is 80.4 cm³/mol. The molecule has 0 spiro atoms. The molecule has 0 fully saturated rings. The summed E-state index contributed by atoms with van der Waals surface area (Å²) in [6.45, 7) is 0. The van der Waals surface area contributed by atoms with Crippen LogP contribution in [0.25, 0.3) is 0 Å². The number of nitrogens with two attached hydrogens (primary N) is 1. The van der Waals surface area contributed by atoms with Gasteiger partial charge in [0.25, 0.3) is 0 Å². The van der Waals surface area contributed by atoms with Gasteiger partial charge in [0, 0.05) is 25.9 Å². The largest absolute Gasteiger partial charge is 0.368 e. The number of aromatic nitrogens is 1. The molecule has 0 unspecified atom stereocenters. The first kappa shape index (κ1) is 14.8. The lowest BCUT2D eigenvalue weighted by Crippen LogP contribution is -2.46. The Morgan fingerprint density at radius 2 is 1.90 bits per heavy atom. The van der Waals surface area contributed by atoms with Crippen LogP contribution in [-0.2, 0) is 29.5 Å². The fraction of sp³-hybridized carbons (Fsp3) is 0.250. The van der Waals surface area contributed by atoms with Gasteiger partial charge in [0.15, 0.2) is 0 Å². The highest BCUT2D eigenvalue weighted by atomic mass is 16.2. The second kappa shape index (κ2) is 6.74. The number of hydrogen-bond donors (Lipinski definition) is 2. The zero-order chi connectivity index (χ0) is 15.2. The molecule has 1 aromatic carbocycles. The molecular formula is C16H19N3O2. The Hall–Kier alpha value is -2.56. The molecule has 0 radical (unpaired) electrons. The Labute approximate surface area is 123 Å². The number of aryl methyl sites for hydroxylation is 1. The van der Waals surface area contributed by atoms with E-state index in [4.69, 9.17) is 5.73 Å². The summed E-state index contributed by atoms with van der Waals surface area (Å²) in [5, 5.41) is 2.70. The van der Waals surface area contributed by atoms with Crippen LogP contribution < -0.4 is 11.1 Å². The molecule has 0 saturated heterocycles. The summed E-state index contributed by atoms with van der Waals surface area (Å²) < 4.78 is 1.87. The number of nitrogens with zero attached hydrogens (tertiary/aromatic N) is 1. The molecule has 2 rings (SSSR count). The molecule has 2 amide bonds. The molecule has 1 atom stereocenters. The fourth-order valence-corrected chi connectivity index (χ4v) is 2.17. The maximum Gasteiger partial charge on any atom is 0.240 e. The molecule has 0 bridgehead atoms. The molecule has 0 aliphatic heterocycles. The average molecular weight is 285 g/mol. The third-order valence-corrected chi connectivity index (χ3v) is 3.22. The van der Waals surface area contributed by atoms with Gasteiger partial charge < -0.3 is 15.6 Å². The normalized spacial score (nSPS) is 11.9. The summed E-state index contributed by atoms with van der Waals surface area (Å²) in [5.74, 6) is -0.735. The van der Waals surface area contributed by atoms with E-state index in [0.29, 0.717) is 6.42 Å². The number of carbonyl (C=O) groups excluding carboxylic acids is 2. The molecule has 5 heteroatoms. The second-order valence-electron chi connectivity index (χ2n) is 5.07. The highest BCUT2D eigenvalue weighted by molar-refractivity contribution is 5.87. The highest BCUT2D eigenvalue weighted by Gasteiger charge is 2.18. The number of benzene rings is 1. The summed E-state index contributed by atoms with van der Waals surface area (Å²) in [6, 6.07) is 10.7. The first-order valence-electron chi connectivity index (χ1n) is 6.78. The van der Waals surface area contributed by atoms with Crippen LogP contribution in [0.1, 0.15) is 11.1 Å². The molecule has 1 heterocycles. The van der Waals surface area contributed by atoms with E-state index in [1.807, 2.05) is 60.4 Å². The molecule has 3 N–H and O–H groups in total. The molecule has 110 valence electrons. The van der Waals surface area contributed by atoms with E-state index < -0.39 is 11.9 Å². The zero-order valence-electron chi connectivity index (χ0n) is 12.0. The van der Waals surface area contributed by atoms with Crippen LogP contribution in [-0.4, -0.2) is 22.4 Å². The van der Waals surface area contributed by atoms with Crippen LogP contribution >= 0.6 is 0 Å². The van der Waals surface area contributed by atoms with Gasteiger partial charge in [-0.15, -0.1) is 0 Å². The fourth-order valence-electron chi connectivity index (χ4n) is 2.17. The SMILES string of the molecule is Cn1ccc(CC(=O)N[C@@H](Cc2ccccc2)C(N)=O)c1. The Morgan fingerprint density at radius 1 is 1.19 bits per heavy atom. The Bertz CT molecular complexity index is 619. The lowest BCUT2D eigenvalue weighted by atomic mass is 10.1. The van der Waals surface area contributed by atoms with Crippen molar-refractivity contribution in [2.75, 3.05) is 0 Å². The van der Waals surface area contributed by atoms with E-state index in [2.05, 4.69) is 5.32 Å². The van der Waals surface area contributed by atoms with Crippen LogP contribution in [0.3, 0.4) is 0 Å². The van der Waals surface area contributed by atoms with E-state index in [1.165, 1.54) is 0 Å². The Kier molecular flexibility index (Phi) is 4.77. The van der Waals surface area contributed by atoms with Crippen LogP contribution in [0.5, 0.6) is 0 Å². The minimum absolute atomic E-state index is 0.207. The van der Waals surface area contributed by atoms with E-state index in [-0.39, 0.29) is 12.3 Å². The van der Waals surface area contributed by atoms with Gasteiger partial charge in [-0.3, -0.25) is 9.59 Å². The predicted octanol–water partition coefficient (Wildman–Crippen LogP) is 0.780. The van der Waals surface area contributed by atoms with E-state index >= 15 is 0 Å². The van der Waals surface area contributed by atoms with Gasteiger partial charge in [0.2, 0.25) is 11.8 Å². The summed E-state index contributed by atoms with van der Waals surface area (Å²) in [7, 11) is 1.89. The van der Waals surface area contributed by atoms with Crippen LogP contribution in [0.2, 0.25) is 0 Å². The standard InChI is InChI=1S/C16H19N3O2/c1-19-8-7-13(11-19)10-15(20)18-14(16(17)21)9-12-5-3-2-4-6-12/h2-8,11,14H,9-10H2,1H3,(H2,17,21)(H,18,20)/t14-/m0/s1. The first-order valence-corrected chi connectivity index (χ1v) is 6.78. The van der Waals surface area contributed by atoms with Gasteiger partial charge in [0.05, 0.1) is 6.42 Å². The molecule has 0 aliphatic rings. The summed E-state index contributed by atoms with van der Waals surface area (Å²) in [6.07, 6.45) is 4.38. The summed E-state index contributed by atoms with van der Waals surface area (Å²) >= 11 is 0. The number of carbonyl (C=O) groups is 2. The topological polar surface area (TPSA) is 77.1 Å². The third-order valence-electron chi connectivity index (χ3n) is 3.22. The number of hydrogen-bond acceptors (Lipinski definition) is 2. The lowest BCUT2D eigenvalue weighted by molar-refractivity contribution is -0.127. The number of primary amides is 1. The van der Waals surface area contributed by atoms with Crippen molar-refractivity contribution in [3.05, 3.63) is 59.9 Å². The van der Waals surface area contributed by atoms with Gasteiger partial charge in [-0.1, -0.05) is 30.3 Å². The van der Waals surface area contributed by atoms with E-state index in [0.717, 1.165) is 11.1 Å². The van der Waals surface area contributed by atoms with Gasteiger partial charge in [0.1, 0.15) is 6.04 Å². The quantitative estimate of drug-likeness (QED) is 0.823. The van der Waals surface area contributed by atoms with Crippen molar-refractivity contribution < 1.29 is 9.59 Å². The highest BCUT2D eigenvalue weighted by Crippen LogP contribution is 2.05. The minimum atomic E-state index is -0.691. The number of rotatable bonds is 6. The molecule has 2 aromatic rings. The Balaban J connectivity index is 1.96. The molecule has 5 nitrogen and oxygen atoms in total. The smallest absolute Gasteiger partial charge is 0.240 e. The van der Waals surface area contributed by atoms with Gasteiger partial charge in [-0.2, -0.15) is 0 Å². The zero-order valence-corrected chi connectivity index (χ0v) is 12.0. The maximum atomic E-state index is 12.0. The molecule has 1 aromatic heterocycles. The number of nitrogens with one attached hydrogen (secondary N) is 1. The first-order chi connectivity index (χ1) is 10.0. The maximum absolute atomic E-state index is 12.0. The molecule has 21 heavy (non-hydrogen) atoms. The molecule has 0 aliphatic carbocycles. The third kappa shape index (κ3) is 4.49. The molecular weight excluding hydrogens is 266 g/mol. The summed E-state index contributed by atoms with van der Waals surface area (Å²) in [5.41, 5.74) is 7.23. The number of amides is 2. The van der Waals surface area contributed by atoms with E-state index in [1.54, 1.807) is 0 Å². The van der Waals surface area contributed by atoms with Crippen LogP contribution in [0.4, 0.5) is 0 Å². The van der Waals surface area contributed by atoms with Crippen molar-refractivity contribution in [1.82, 2.24) is 9.88 Å². The van der Waals surface area contributed by atoms with Crippen molar-refractivity contribution >= 4 is 11.8 Å². The van der Waals surface area contributed by atoms with Gasteiger partial charge in [-0.05, 0) is 17.2 Å². The minimum Gasteiger partial charge on any atom is -0.368 e. The van der Waals surface area contributed by atoms with Crippen molar-refractivity contribution in [3.8, 4) is 0 Å². The monoisotopic (exact) mass is 285 g/mol. The van der Waals surface area contributed by atoms with Crippen LogP contribution in [0, 0.1) is 0 Å². The Morgan fingerprint density at radius 3 is 2.48 bits per heavy atom. The average Bonchev–Trinajstić information content (AvgIpc) is 2.84. The second-order valence-corrected chi connectivity index (χ2v) is 5.07. The van der Waals surface area contributed by atoms with Gasteiger partial charge in [-0.25, -0.2) is 0 Å². The van der Waals surface area contributed by atoms with Crippen LogP contribution in [0.15, 0.2) is 48.8 Å². The van der Waals surface area contributed by atoms with Crippen molar-refractivity contribution in [1.29, 1.82) is 0 Å². The van der Waals surface area contributed by atoms with Gasteiger partial charge >= 0.3 is 0 Å². The molecule has 0 saturated carbocycles.